The second-order valence-corrected chi connectivity index (χ2v) is 13.9. The van der Waals surface area contributed by atoms with Gasteiger partial charge in [-0.15, -0.1) is 0 Å². The monoisotopic (exact) mass is 723 g/mol. The van der Waals surface area contributed by atoms with Crippen molar-refractivity contribution in [3.8, 4) is 11.1 Å². The molecule has 4 aromatic rings. The molecule has 10 nitrogen and oxygen atoms in total. The van der Waals surface area contributed by atoms with Crippen molar-refractivity contribution in [1.82, 2.24) is 15.7 Å². The number of ether oxygens (including phenoxy) is 2. The van der Waals surface area contributed by atoms with Crippen LogP contribution in [0.25, 0.3) is 11.1 Å². The molecule has 4 aromatic carbocycles. The van der Waals surface area contributed by atoms with Crippen LogP contribution in [0.15, 0.2) is 103 Å². The summed E-state index contributed by atoms with van der Waals surface area (Å²) in [5, 5.41) is 32.3. The van der Waals surface area contributed by atoms with Gasteiger partial charge in [-0.05, 0) is 66.3 Å². The van der Waals surface area contributed by atoms with Gasteiger partial charge in [0.1, 0.15) is 0 Å². The number of hydroxylamine groups is 1. The summed E-state index contributed by atoms with van der Waals surface area (Å²) in [6, 6.07) is 33.7. The highest BCUT2D eigenvalue weighted by atomic mass is 16.7. The van der Waals surface area contributed by atoms with E-state index in [-0.39, 0.29) is 43.1 Å². The lowest BCUT2D eigenvalue weighted by molar-refractivity contribution is -0.253. The smallest absolute Gasteiger partial charge is 0.243 e. The van der Waals surface area contributed by atoms with E-state index < -0.39 is 12.4 Å². The van der Waals surface area contributed by atoms with Gasteiger partial charge in [0.2, 0.25) is 11.8 Å². The molecular formula is C43H53N3O7. The molecule has 5 rings (SSSR count). The number of hydrogen-bond acceptors (Lipinski definition) is 8. The number of benzene rings is 4. The number of rotatable bonds is 18. The number of aliphatic hydroxyl groups excluding tert-OH is 2. The lowest BCUT2D eigenvalue weighted by Gasteiger charge is -2.39. The molecule has 2 amide bonds. The Kier molecular flexibility index (Phi) is 15.1. The number of carbonyl (C=O) groups is 2. The quantitative estimate of drug-likeness (QED) is 0.0424. The number of hydrogen-bond donors (Lipinski definition) is 5. The molecule has 0 spiro atoms. The van der Waals surface area contributed by atoms with E-state index in [0.717, 1.165) is 58.2 Å². The van der Waals surface area contributed by atoms with Gasteiger partial charge >= 0.3 is 0 Å². The first-order chi connectivity index (χ1) is 25.7. The highest BCUT2D eigenvalue weighted by Gasteiger charge is 2.34. The standard InChI is InChI=1S/C43H53N3O7/c1-30(42(50)35-12-6-5-7-13-35)46(2)28-38-26-39(34-19-17-31(29-47)18-20-34)53-43(52-38)36-23-21-33(22-24-36)37-14-10-11-32(25-37)27-44-40(48)15-8-3-4-9-16-41(49)45-51/h5-7,10-14,17-25,30,38-39,42-43,47,50-51H,3-4,8-9,15-16,26-29H2,1-2H3,(H,44,48)(H,45,49)/t30-,38+,39-,42-,43-/m1/s1. The Balaban J connectivity index is 1.21. The van der Waals surface area contributed by atoms with Gasteiger partial charge in [0.15, 0.2) is 6.29 Å². The topological polar surface area (TPSA) is 141 Å². The summed E-state index contributed by atoms with van der Waals surface area (Å²) in [6.45, 7) is 3.04. The second kappa shape index (κ2) is 20.1. The van der Waals surface area contributed by atoms with E-state index in [4.69, 9.17) is 14.7 Å². The molecular weight excluding hydrogens is 670 g/mol. The molecule has 0 saturated carbocycles. The SMILES string of the molecule is C[C@H]([C@@H](O)c1ccccc1)N(C)C[C@@H]1C[C@H](c2ccc(CO)cc2)O[C@H](c2ccc(-c3cccc(CNC(=O)CCCCCCC(=O)NO)c3)cc2)O1. The van der Waals surface area contributed by atoms with Crippen molar-refractivity contribution in [1.29, 1.82) is 0 Å². The van der Waals surface area contributed by atoms with Gasteiger partial charge in [0, 0.05) is 44.0 Å². The zero-order valence-electron chi connectivity index (χ0n) is 30.7. The maximum absolute atomic E-state index is 12.4. The van der Waals surface area contributed by atoms with Crippen LogP contribution in [0.3, 0.4) is 0 Å². The van der Waals surface area contributed by atoms with Crippen LogP contribution < -0.4 is 10.8 Å². The van der Waals surface area contributed by atoms with Crippen LogP contribution in [0.2, 0.25) is 0 Å². The Morgan fingerprint density at radius 1 is 0.792 bits per heavy atom. The van der Waals surface area contributed by atoms with Gasteiger partial charge in [0.25, 0.3) is 0 Å². The summed E-state index contributed by atoms with van der Waals surface area (Å²) in [5.41, 5.74) is 8.34. The minimum Gasteiger partial charge on any atom is -0.392 e. The maximum Gasteiger partial charge on any atom is 0.243 e. The number of nitrogens with one attached hydrogen (secondary N) is 2. The van der Waals surface area contributed by atoms with E-state index in [9.17, 15) is 19.8 Å². The average molecular weight is 724 g/mol. The first-order valence-corrected chi connectivity index (χ1v) is 18.6. The van der Waals surface area contributed by atoms with Gasteiger partial charge in [0.05, 0.1) is 24.9 Å². The highest BCUT2D eigenvalue weighted by Crippen LogP contribution is 2.39. The maximum atomic E-state index is 12.4. The average Bonchev–Trinajstić information content (AvgIpc) is 3.21. The molecule has 282 valence electrons. The van der Waals surface area contributed by atoms with E-state index in [1.165, 1.54) is 0 Å². The van der Waals surface area contributed by atoms with Crippen LogP contribution in [-0.4, -0.2) is 57.9 Å². The molecule has 1 heterocycles. The molecule has 0 radical (unpaired) electrons. The number of nitrogens with zero attached hydrogens (tertiary/aromatic N) is 1. The summed E-state index contributed by atoms with van der Waals surface area (Å²) in [7, 11) is 2.01. The lowest BCUT2D eigenvalue weighted by Crippen LogP contribution is -2.43. The summed E-state index contributed by atoms with van der Waals surface area (Å²) in [4.78, 5) is 25.7. The number of amides is 2. The minimum atomic E-state index is -0.641. The first kappa shape index (κ1) is 39.8. The highest BCUT2D eigenvalue weighted by molar-refractivity contribution is 5.76. The van der Waals surface area contributed by atoms with Gasteiger partial charge < -0.3 is 25.0 Å². The molecule has 1 aliphatic heterocycles. The molecule has 5 atom stereocenters. The first-order valence-electron chi connectivity index (χ1n) is 18.6. The molecule has 10 heteroatoms. The molecule has 53 heavy (non-hydrogen) atoms. The Morgan fingerprint density at radius 2 is 1.47 bits per heavy atom. The van der Waals surface area contributed by atoms with Crippen molar-refractivity contribution in [2.24, 2.45) is 0 Å². The molecule has 0 aliphatic carbocycles. The van der Waals surface area contributed by atoms with E-state index in [1.807, 2.05) is 98.9 Å². The Morgan fingerprint density at radius 3 is 2.15 bits per heavy atom. The Labute approximate surface area is 312 Å². The largest absolute Gasteiger partial charge is 0.392 e. The van der Waals surface area contributed by atoms with Gasteiger partial charge in [-0.3, -0.25) is 19.7 Å². The zero-order valence-corrected chi connectivity index (χ0v) is 30.7. The summed E-state index contributed by atoms with van der Waals surface area (Å²) < 4.78 is 13.2. The fraction of sp³-hybridized carbons (Fsp3) is 0.395. The van der Waals surface area contributed by atoms with Crippen LogP contribution in [-0.2, 0) is 32.2 Å². The van der Waals surface area contributed by atoms with Gasteiger partial charge in [-0.25, -0.2) is 5.48 Å². The Hall–Kier alpha value is -4.42. The van der Waals surface area contributed by atoms with Crippen molar-refractivity contribution in [2.75, 3.05) is 13.6 Å². The van der Waals surface area contributed by atoms with E-state index >= 15 is 0 Å². The molecule has 0 bridgehead atoms. The summed E-state index contributed by atoms with van der Waals surface area (Å²) in [5.74, 6) is -0.390. The van der Waals surface area contributed by atoms with E-state index in [1.54, 1.807) is 5.48 Å². The number of likely N-dealkylation sites (N-methyl/N-ethyl adjacent to an activating group) is 1. The van der Waals surface area contributed by atoms with E-state index in [2.05, 4.69) is 28.4 Å². The number of aliphatic hydroxyl groups is 2. The third-order valence-corrected chi connectivity index (χ3v) is 10.0. The van der Waals surface area contributed by atoms with Crippen molar-refractivity contribution in [2.45, 2.75) is 95.7 Å². The second-order valence-electron chi connectivity index (χ2n) is 13.9. The molecule has 0 unspecified atom stereocenters. The molecule has 1 saturated heterocycles. The summed E-state index contributed by atoms with van der Waals surface area (Å²) >= 11 is 0. The minimum absolute atomic E-state index is 0.00527. The van der Waals surface area contributed by atoms with Crippen molar-refractivity contribution in [3.05, 3.63) is 131 Å². The molecule has 5 N–H and O–H groups in total. The number of unbranched alkanes of at least 4 members (excludes halogenated alkanes) is 3. The zero-order chi connectivity index (χ0) is 37.6. The normalized spacial score (nSPS) is 18.3. The fourth-order valence-corrected chi connectivity index (χ4v) is 6.65. The van der Waals surface area contributed by atoms with Crippen molar-refractivity contribution in [3.63, 3.8) is 0 Å². The van der Waals surface area contributed by atoms with Crippen LogP contribution in [0.4, 0.5) is 0 Å². The third kappa shape index (κ3) is 11.8. The van der Waals surface area contributed by atoms with Crippen LogP contribution >= 0.6 is 0 Å². The Bertz CT molecular complexity index is 1720. The molecule has 1 fully saturated rings. The molecule has 1 aliphatic rings. The third-order valence-electron chi connectivity index (χ3n) is 10.0. The summed E-state index contributed by atoms with van der Waals surface area (Å²) in [6.07, 6.45) is 2.83. The van der Waals surface area contributed by atoms with Crippen LogP contribution in [0, 0.1) is 0 Å². The molecule has 0 aromatic heterocycles. The lowest BCUT2D eigenvalue weighted by atomic mass is 9.98. The predicted octanol–water partition coefficient (Wildman–Crippen LogP) is 6.91. The number of carbonyl (C=O) groups excluding carboxylic acids is 2. The van der Waals surface area contributed by atoms with Crippen molar-refractivity contribution < 1.29 is 34.5 Å². The van der Waals surface area contributed by atoms with Gasteiger partial charge in [-0.2, -0.15) is 0 Å². The van der Waals surface area contributed by atoms with Crippen LogP contribution in [0.1, 0.15) is 98.2 Å². The predicted molar refractivity (Wildman–Crippen MR) is 203 cm³/mol. The fourth-order valence-electron chi connectivity index (χ4n) is 6.65. The van der Waals surface area contributed by atoms with Gasteiger partial charge in [-0.1, -0.05) is 110 Å². The van der Waals surface area contributed by atoms with Crippen molar-refractivity contribution >= 4 is 11.8 Å². The van der Waals surface area contributed by atoms with Crippen LogP contribution in [0.5, 0.6) is 0 Å². The van der Waals surface area contributed by atoms with E-state index in [0.29, 0.717) is 32.4 Å².